The Morgan fingerprint density at radius 2 is 1.72 bits per heavy atom. The minimum atomic E-state index is -5.27. The van der Waals surface area contributed by atoms with Crippen molar-refractivity contribution >= 4 is 39.7 Å². The standard InChI is InChI=1S/C24H22F3N5O7/c1-11-13-9-12(36-3)10-16(38-8-7-35-2)18(13)29-22(28-11)32-23-30-19-15(37-4)6-5-14(17(19)20(33)31-23)39-21(34)24(25,26)27/h5-6,9-10H,7-8H2,1-4H3,(H2,28,29,30,31,32,33). The summed E-state index contributed by atoms with van der Waals surface area (Å²) in [7, 11) is 4.33. The van der Waals surface area contributed by atoms with E-state index in [0.717, 1.165) is 6.07 Å². The number of esters is 1. The molecule has 0 atom stereocenters. The number of halogens is 3. The summed E-state index contributed by atoms with van der Waals surface area (Å²) in [5.41, 5.74) is -0.0942. The molecule has 4 aromatic rings. The van der Waals surface area contributed by atoms with Crippen LogP contribution in [0.2, 0.25) is 0 Å². The van der Waals surface area contributed by atoms with Crippen molar-refractivity contribution in [1.29, 1.82) is 0 Å². The van der Waals surface area contributed by atoms with Gasteiger partial charge in [0.1, 0.15) is 46.0 Å². The van der Waals surface area contributed by atoms with Crippen molar-refractivity contribution in [2.75, 3.05) is 39.9 Å². The molecular weight excluding hydrogens is 527 g/mol. The summed E-state index contributed by atoms with van der Waals surface area (Å²) in [6.45, 7) is 2.30. The summed E-state index contributed by atoms with van der Waals surface area (Å²) in [5, 5.41) is 3.01. The molecule has 12 nitrogen and oxygen atoms in total. The van der Waals surface area contributed by atoms with Crippen molar-refractivity contribution in [3.05, 3.63) is 40.3 Å². The zero-order valence-electron chi connectivity index (χ0n) is 21.1. The minimum Gasteiger partial charge on any atom is -0.497 e. The molecule has 0 spiro atoms. The van der Waals surface area contributed by atoms with Gasteiger partial charge in [0.05, 0.1) is 26.5 Å². The van der Waals surface area contributed by atoms with E-state index in [1.807, 2.05) is 0 Å². The Morgan fingerprint density at radius 1 is 0.974 bits per heavy atom. The van der Waals surface area contributed by atoms with E-state index in [0.29, 0.717) is 34.7 Å². The van der Waals surface area contributed by atoms with Crippen LogP contribution < -0.4 is 29.8 Å². The van der Waals surface area contributed by atoms with Gasteiger partial charge in [0.15, 0.2) is 0 Å². The first-order valence-corrected chi connectivity index (χ1v) is 11.2. The molecule has 15 heteroatoms. The van der Waals surface area contributed by atoms with Crippen LogP contribution in [-0.2, 0) is 9.53 Å². The first-order chi connectivity index (χ1) is 18.5. The lowest BCUT2D eigenvalue weighted by Crippen LogP contribution is -2.28. The molecule has 0 bridgehead atoms. The number of aromatic nitrogens is 4. The number of H-pyrrole nitrogens is 1. The van der Waals surface area contributed by atoms with E-state index in [-0.39, 0.29) is 29.8 Å². The first kappa shape index (κ1) is 27.4. The Bertz CT molecular complexity index is 1610. The summed E-state index contributed by atoms with van der Waals surface area (Å²) in [6.07, 6.45) is -5.27. The summed E-state index contributed by atoms with van der Waals surface area (Å²) >= 11 is 0. The fraction of sp³-hybridized carbons (Fsp3) is 0.292. The maximum Gasteiger partial charge on any atom is 0.491 e. The van der Waals surface area contributed by atoms with Crippen LogP contribution in [0.3, 0.4) is 0 Å². The summed E-state index contributed by atoms with van der Waals surface area (Å²) in [4.78, 5) is 39.8. The zero-order chi connectivity index (χ0) is 28.3. The van der Waals surface area contributed by atoms with Crippen LogP contribution in [0.4, 0.5) is 25.1 Å². The molecular formula is C24H22F3N5O7. The molecule has 0 unspecified atom stereocenters. The lowest BCUT2D eigenvalue weighted by Gasteiger charge is -2.14. The van der Waals surface area contributed by atoms with Gasteiger partial charge in [-0.05, 0) is 25.1 Å². The molecule has 0 saturated carbocycles. The minimum absolute atomic E-state index is 0.0304. The molecule has 39 heavy (non-hydrogen) atoms. The molecule has 2 aromatic carbocycles. The monoisotopic (exact) mass is 549 g/mol. The highest BCUT2D eigenvalue weighted by atomic mass is 19.4. The number of ether oxygens (including phenoxy) is 5. The third-order valence-corrected chi connectivity index (χ3v) is 5.38. The van der Waals surface area contributed by atoms with Crippen molar-refractivity contribution in [2.45, 2.75) is 13.1 Å². The molecule has 0 aliphatic rings. The van der Waals surface area contributed by atoms with Gasteiger partial charge in [-0.3, -0.25) is 15.1 Å². The SMILES string of the molecule is COCCOc1cc(OC)cc2c(C)nc(Nc3nc4c(OC)ccc(OC(=O)C(F)(F)F)c4c(=O)[nH]3)nc12. The fourth-order valence-electron chi connectivity index (χ4n) is 3.61. The van der Waals surface area contributed by atoms with Crippen LogP contribution in [0.25, 0.3) is 21.8 Å². The van der Waals surface area contributed by atoms with Gasteiger partial charge < -0.3 is 23.7 Å². The number of benzene rings is 2. The van der Waals surface area contributed by atoms with Crippen LogP contribution in [0.15, 0.2) is 29.1 Å². The van der Waals surface area contributed by atoms with E-state index in [1.54, 1.807) is 19.1 Å². The van der Waals surface area contributed by atoms with Crippen LogP contribution in [0.1, 0.15) is 5.69 Å². The number of alkyl halides is 3. The molecule has 0 aliphatic carbocycles. The predicted molar refractivity (Wildman–Crippen MR) is 132 cm³/mol. The van der Waals surface area contributed by atoms with Crippen molar-refractivity contribution in [3.63, 3.8) is 0 Å². The van der Waals surface area contributed by atoms with Gasteiger partial charge in [-0.2, -0.15) is 13.2 Å². The number of anilines is 2. The average molecular weight is 549 g/mol. The Kier molecular flexibility index (Phi) is 7.71. The molecule has 2 aromatic heterocycles. The van der Waals surface area contributed by atoms with E-state index in [2.05, 4.69) is 30.0 Å². The Hall–Kier alpha value is -4.66. The summed E-state index contributed by atoms with van der Waals surface area (Å²) in [5.74, 6) is -2.29. The third kappa shape index (κ3) is 5.77. The Morgan fingerprint density at radius 3 is 2.38 bits per heavy atom. The molecule has 0 amide bonds. The second-order valence-corrected chi connectivity index (χ2v) is 7.91. The number of aryl methyl sites for hydroxylation is 1. The van der Waals surface area contributed by atoms with Gasteiger partial charge in [0.2, 0.25) is 11.9 Å². The van der Waals surface area contributed by atoms with Gasteiger partial charge in [0.25, 0.3) is 5.56 Å². The number of carbonyl (C=O) groups is 1. The molecule has 206 valence electrons. The highest BCUT2D eigenvalue weighted by molar-refractivity contribution is 5.93. The summed E-state index contributed by atoms with van der Waals surface area (Å²) < 4.78 is 64.0. The molecule has 2 N–H and O–H groups in total. The maximum atomic E-state index is 12.9. The van der Waals surface area contributed by atoms with Crippen molar-refractivity contribution in [1.82, 2.24) is 19.9 Å². The van der Waals surface area contributed by atoms with Crippen LogP contribution in [0, 0.1) is 6.92 Å². The number of carbonyl (C=O) groups excluding carboxylic acids is 1. The maximum absolute atomic E-state index is 12.9. The first-order valence-electron chi connectivity index (χ1n) is 11.2. The largest absolute Gasteiger partial charge is 0.497 e. The average Bonchev–Trinajstić information content (AvgIpc) is 2.88. The van der Waals surface area contributed by atoms with Gasteiger partial charge in [-0.25, -0.2) is 19.7 Å². The molecule has 0 aliphatic heterocycles. The third-order valence-electron chi connectivity index (χ3n) is 5.38. The van der Waals surface area contributed by atoms with E-state index in [9.17, 15) is 22.8 Å². The van der Waals surface area contributed by atoms with Crippen molar-refractivity contribution < 1.29 is 41.7 Å². The number of nitrogens with zero attached hydrogens (tertiary/aromatic N) is 3. The van der Waals surface area contributed by atoms with E-state index < -0.39 is 28.8 Å². The highest BCUT2D eigenvalue weighted by Crippen LogP contribution is 2.34. The van der Waals surface area contributed by atoms with Gasteiger partial charge in [0, 0.05) is 18.6 Å². The zero-order valence-corrected chi connectivity index (χ0v) is 21.1. The number of aromatic amines is 1. The van der Waals surface area contributed by atoms with Gasteiger partial charge in [-0.1, -0.05) is 0 Å². The lowest BCUT2D eigenvalue weighted by molar-refractivity contribution is -0.189. The van der Waals surface area contributed by atoms with Crippen LogP contribution in [-0.4, -0.2) is 66.6 Å². The molecule has 4 rings (SSSR count). The highest BCUT2D eigenvalue weighted by Gasteiger charge is 2.41. The number of hydrogen-bond donors (Lipinski definition) is 2. The predicted octanol–water partition coefficient (Wildman–Crippen LogP) is 3.43. The van der Waals surface area contributed by atoms with E-state index in [4.69, 9.17) is 18.9 Å². The van der Waals surface area contributed by atoms with Gasteiger partial charge >= 0.3 is 12.1 Å². The molecule has 0 radical (unpaired) electrons. The topological polar surface area (TPSA) is 147 Å². The Labute approximate surface area is 218 Å². The molecule has 0 saturated heterocycles. The number of fused-ring (bicyclic) bond motifs is 2. The Balaban J connectivity index is 1.78. The second kappa shape index (κ2) is 11.0. The quantitative estimate of drug-likeness (QED) is 0.180. The fourth-order valence-corrected chi connectivity index (χ4v) is 3.61. The second-order valence-electron chi connectivity index (χ2n) is 7.91. The lowest BCUT2D eigenvalue weighted by atomic mass is 10.1. The van der Waals surface area contributed by atoms with Crippen molar-refractivity contribution in [3.8, 4) is 23.0 Å². The smallest absolute Gasteiger partial charge is 0.491 e. The summed E-state index contributed by atoms with van der Waals surface area (Å²) in [6, 6.07) is 5.61. The molecule has 0 fully saturated rings. The van der Waals surface area contributed by atoms with E-state index in [1.165, 1.54) is 27.4 Å². The van der Waals surface area contributed by atoms with Crippen LogP contribution in [0.5, 0.6) is 23.0 Å². The number of rotatable bonds is 9. The van der Waals surface area contributed by atoms with Gasteiger partial charge in [-0.15, -0.1) is 0 Å². The van der Waals surface area contributed by atoms with Crippen molar-refractivity contribution in [2.24, 2.45) is 0 Å². The number of hydrogen-bond acceptors (Lipinski definition) is 11. The number of nitrogens with one attached hydrogen (secondary N) is 2. The van der Waals surface area contributed by atoms with E-state index >= 15 is 0 Å². The number of methoxy groups -OCH3 is 3. The molecule has 2 heterocycles. The normalized spacial score (nSPS) is 11.5. The van der Waals surface area contributed by atoms with Crippen LogP contribution >= 0.6 is 0 Å².